The molecule has 1 saturated heterocycles. The van der Waals surface area contributed by atoms with Gasteiger partial charge in [0.15, 0.2) is 0 Å². The summed E-state index contributed by atoms with van der Waals surface area (Å²) in [5, 5.41) is 8.34. The summed E-state index contributed by atoms with van der Waals surface area (Å²) < 4.78 is 3.33. The van der Waals surface area contributed by atoms with E-state index in [2.05, 4.69) is 63.6 Å². The molecule has 5 heteroatoms. The highest BCUT2D eigenvalue weighted by Gasteiger charge is 2.28. The first-order chi connectivity index (χ1) is 10.1. The molecular formula is C16H29BrN4. The van der Waals surface area contributed by atoms with Gasteiger partial charge in [-0.2, -0.15) is 5.10 Å². The Bertz CT molecular complexity index is 457. The average molecular weight is 357 g/mol. The molecule has 1 aliphatic rings. The lowest BCUT2D eigenvalue weighted by Gasteiger charge is -2.40. The van der Waals surface area contributed by atoms with Crippen molar-refractivity contribution in [2.75, 3.05) is 13.1 Å². The van der Waals surface area contributed by atoms with Gasteiger partial charge in [0.2, 0.25) is 0 Å². The van der Waals surface area contributed by atoms with E-state index in [1.54, 1.807) is 0 Å². The van der Waals surface area contributed by atoms with Crippen LogP contribution in [0.25, 0.3) is 0 Å². The van der Waals surface area contributed by atoms with Gasteiger partial charge in [0, 0.05) is 38.3 Å². The molecule has 0 amide bonds. The smallest absolute Gasteiger partial charge is 0.0739 e. The first kappa shape index (κ1) is 17.0. The Balaban J connectivity index is 2.14. The fourth-order valence-corrected chi connectivity index (χ4v) is 3.69. The molecule has 2 atom stereocenters. The zero-order chi connectivity index (χ0) is 15.4. The molecular weight excluding hydrogens is 328 g/mol. The van der Waals surface area contributed by atoms with Crippen molar-refractivity contribution in [1.29, 1.82) is 0 Å². The number of nitrogens with zero attached hydrogens (tertiary/aromatic N) is 3. The van der Waals surface area contributed by atoms with Crippen molar-refractivity contribution in [3.05, 3.63) is 15.9 Å². The van der Waals surface area contributed by atoms with Gasteiger partial charge in [0.1, 0.15) is 0 Å². The van der Waals surface area contributed by atoms with E-state index in [0.717, 1.165) is 31.9 Å². The van der Waals surface area contributed by atoms with Crippen molar-refractivity contribution in [3.8, 4) is 0 Å². The number of hydrogen-bond acceptors (Lipinski definition) is 3. The molecule has 0 aromatic carbocycles. The van der Waals surface area contributed by atoms with Crippen LogP contribution in [0, 0.1) is 6.92 Å². The first-order valence-electron chi connectivity index (χ1n) is 8.29. The van der Waals surface area contributed by atoms with Crippen LogP contribution in [0.2, 0.25) is 0 Å². The third kappa shape index (κ3) is 3.88. The maximum absolute atomic E-state index is 4.63. The predicted molar refractivity (Wildman–Crippen MR) is 91.5 cm³/mol. The van der Waals surface area contributed by atoms with E-state index in [-0.39, 0.29) is 0 Å². The minimum Gasteiger partial charge on any atom is -0.311 e. The van der Waals surface area contributed by atoms with Crippen molar-refractivity contribution in [1.82, 2.24) is 20.0 Å². The highest BCUT2D eigenvalue weighted by atomic mass is 79.9. The van der Waals surface area contributed by atoms with Crippen molar-refractivity contribution in [3.63, 3.8) is 0 Å². The van der Waals surface area contributed by atoms with Crippen molar-refractivity contribution >= 4 is 15.9 Å². The zero-order valence-corrected chi connectivity index (χ0v) is 15.4. The Labute approximate surface area is 137 Å². The van der Waals surface area contributed by atoms with Gasteiger partial charge in [-0.25, -0.2) is 0 Å². The summed E-state index contributed by atoms with van der Waals surface area (Å²) >= 11 is 3.73. The molecule has 2 rings (SSSR count). The van der Waals surface area contributed by atoms with Gasteiger partial charge in [0.25, 0.3) is 0 Å². The number of hydrogen-bond donors (Lipinski definition) is 1. The van der Waals surface area contributed by atoms with Crippen LogP contribution < -0.4 is 5.32 Å². The molecule has 1 fully saturated rings. The van der Waals surface area contributed by atoms with E-state index in [4.69, 9.17) is 0 Å². The van der Waals surface area contributed by atoms with Gasteiger partial charge in [-0.3, -0.25) is 9.58 Å². The van der Waals surface area contributed by atoms with Gasteiger partial charge >= 0.3 is 0 Å². The van der Waals surface area contributed by atoms with Gasteiger partial charge in [-0.05, 0) is 42.6 Å². The number of rotatable bonds is 6. The summed E-state index contributed by atoms with van der Waals surface area (Å²) in [5.41, 5.74) is 2.42. The number of aromatic nitrogens is 2. The van der Waals surface area contributed by atoms with Crippen molar-refractivity contribution in [2.24, 2.45) is 0 Å². The third-order valence-electron chi connectivity index (χ3n) is 4.53. The van der Waals surface area contributed by atoms with Crippen LogP contribution >= 0.6 is 15.9 Å². The highest BCUT2D eigenvalue weighted by Crippen LogP contribution is 2.25. The maximum atomic E-state index is 4.63. The van der Waals surface area contributed by atoms with E-state index in [9.17, 15) is 0 Å². The van der Waals surface area contributed by atoms with E-state index in [0.29, 0.717) is 12.1 Å². The van der Waals surface area contributed by atoms with Gasteiger partial charge < -0.3 is 5.32 Å². The Morgan fingerprint density at radius 1 is 1.33 bits per heavy atom. The third-order valence-corrected chi connectivity index (χ3v) is 5.56. The van der Waals surface area contributed by atoms with Gasteiger partial charge in [0.05, 0.1) is 15.9 Å². The monoisotopic (exact) mass is 356 g/mol. The van der Waals surface area contributed by atoms with Gasteiger partial charge in [-0.1, -0.05) is 20.3 Å². The molecule has 2 heterocycles. The molecule has 2 unspecified atom stereocenters. The Kier molecular flexibility index (Phi) is 6.26. The quantitative estimate of drug-likeness (QED) is 0.848. The van der Waals surface area contributed by atoms with Gasteiger partial charge in [-0.15, -0.1) is 0 Å². The summed E-state index contributed by atoms with van der Waals surface area (Å²) in [6.45, 7) is 13.0. The minimum atomic E-state index is 0.630. The van der Waals surface area contributed by atoms with Crippen LogP contribution in [0.3, 0.4) is 0 Å². The molecule has 0 spiro atoms. The molecule has 0 aliphatic carbocycles. The lowest BCUT2D eigenvalue weighted by Crippen LogP contribution is -2.55. The Hall–Kier alpha value is -0.390. The van der Waals surface area contributed by atoms with E-state index < -0.39 is 0 Å². The molecule has 0 radical (unpaired) electrons. The zero-order valence-electron chi connectivity index (χ0n) is 13.8. The highest BCUT2D eigenvalue weighted by molar-refractivity contribution is 9.10. The number of nitrogens with one attached hydrogen (secondary N) is 1. The lowest BCUT2D eigenvalue weighted by molar-refractivity contribution is 0.112. The summed E-state index contributed by atoms with van der Waals surface area (Å²) in [4.78, 5) is 2.64. The summed E-state index contributed by atoms with van der Waals surface area (Å²) in [6.07, 6.45) is 3.71. The number of halogens is 1. The molecule has 4 nitrogen and oxygen atoms in total. The minimum absolute atomic E-state index is 0.630. The van der Waals surface area contributed by atoms with Crippen molar-refractivity contribution < 1.29 is 0 Å². The van der Waals surface area contributed by atoms with Crippen LogP contribution in [0.15, 0.2) is 4.47 Å². The molecule has 1 aromatic heterocycles. The summed E-state index contributed by atoms with van der Waals surface area (Å²) in [6, 6.07) is 1.26. The largest absolute Gasteiger partial charge is 0.311 e. The fraction of sp³-hybridized carbons (Fsp3) is 0.812. The van der Waals surface area contributed by atoms with Crippen LogP contribution in [0.1, 0.15) is 51.4 Å². The topological polar surface area (TPSA) is 33.1 Å². The fourth-order valence-electron chi connectivity index (χ4n) is 3.28. The Morgan fingerprint density at radius 2 is 2.10 bits per heavy atom. The normalized spacial score (nSPS) is 23.7. The summed E-state index contributed by atoms with van der Waals surface area (Å²) in [7, 11) is 0. The number of aryl methyl sites for hydroxylation is 2. The standard InChI is InChI=1S/C16H29BrN4/c1-5-8-13-10-20(14(6-2)9-18-13)11-15-16(17)12(4)19-21(15)7-3/h13-14,18H,5-11H2,1-4H3. The van der Waals surface area contributed by atoms with Crippen LogP contribution in [-0.4, -0.2) is 39.9 Å². The van der Waals surface area contributed by atoms with E-state index in [1.807, 2.05) is 0 Å². The molecule has 0 saturated carbocycles. The van der Waals surface area contributed by atoms with E-state index in [1.165, 1.54) is 29.4 Å². The Morgan fingerprint density at radius 3 is 2.71 bits per heavy atom. The van der Waals surface area contributed by atoms with Crippen LogP contribution in [0.5, 0.6) is 0 Å². The second kappa shape index (κ2) is 7.75. The molecule has 1 N–H and O–H groups in total. The molecule has 21 heavy (non-hydrogen) atoms. The molecule has 1 aliphatic heterocycles. The number of piperazine rings is 1. The summed E-state index contributed by atoms with van der Waals surface area (Å²) in [5.74, 6) is 0. The first-order valence-corrected chi connectivity index (χ1v) is 9.09. The SMILES string of the molecule is CCCC1CN(Cc2c(Br)c(C)nn2CC)C(CC)CN1. The van der Waals surface area contributed by atoms with E-state index >= 15 is 0 Å². The second-order valence-electron chi connectivity index (χ2n) is 6.05. The van der Waals surface area contributed by atoms with Crippen molar-refractivity contribution in [2.45, 2.75) is 72.1 Å². The molecule has 120 valence electrons. The average Bonchev–Trinajstić information content (AvgIpc) is 2.76. The molecule has 0 bridgehead atoms. The predicted octanol–water partition coefficient (Wildman–Crippen LogP) is 3.33. The lowest BCUT2D eigenvalue weighted by atomic mass is 10.0. The maximum Gasteiger partial charge on any atom is 0.0739 e. The van der Waals surface area contributed by atoms with Crippen LogP contribution in [-0.2, 0) is 13.1 Å². The molecule has 1 aromatic rings. The second-order valence-corrected chi connectivity index (χ2v) is 6.84. The van der Waals surface area contributed by atoms with Crippen LogP contribution in [0.4, 0.5) is 0 Å².